The number of benzene rings is 1. The summed E-state index contributed by atoms with van der Waals surface area (Å²) in [5, 5.41) is 20.0. The first-order valence-corrected chi connectivity index (χ1v) is 8.19. The van der Waals surface area contributed by atoms with Crippen LogP contribution < -0.4 is 5.32 Å². The van der Waals surface area contributed by atoms with Crippen LogP contribution in [0.1, 0.15) is 51.3 Å². The lowest BCUT2D eigenvalue weighted by molar-refractivity contribution is 0.0696. The fourth-order valence-corrected chi connectivity index (χ4v) is 3.40. The third-order valence-corrected chi connectivity index (χ3v) is 4.74. The number of fused-ring (bicyclic) bond motifs is 1. The summed E-state index contributed by atoms with van der Waals surface area (Å²) in [6.45, 7) is 5.89. The van der Waals surface area contributed by atoms with Crippen molar-refractivity contribution in [3.05, 3.63) is 46.2 Å². The number of aryl methyl sites for hydroxylation is 1. The second kappa shape index (κ2) is 6.04. The molecule has 0 aliphatic heterocycles. The SMILES string of the molecule is Cc1c(C(=O)Nc2cccc(C(=O)O)c2)sc2nnc(C(C)C)n12. The van der Waals surface area contributed by atoms with E-state index in [2.05, 4.69) is 15.5 Å². The summed E-state index contributed by atoms with van der Waals surface area (Å²) in [7, 11) is 0. The second-order valence-electron chi connectivity index (χ2n) is 5.69. The van der Waals surface area contributed by atoms with Gasteiger partial charge in [0.25, 0.3) is 5.91 Å². The molecule has 3 rings (SSSR count). The van der Waals surface area contributed by atoms with Crippen LogP contribution in [0.5, 0.6) is 0 Å². The molecule has 124 valence electrons. The summed E-state index contributed by atoms with van der Waals surface area (Å²) in [6.07, 6.45) is 0. The van der Waals surface area contributed by atoms with E-state index >= 15 is 0 Å². The molecule has 0 aliphatic carbocycles. The molecule has 24 heavy (non-hydrogen) atoms. The number of nitrogens with zero attached hydrogens (tertiary/aromatic N) is 3. The van der Waals surface area contributed by atoms with Gasteiger partial charge in [0, 0.05) is 17.3 Å². The maximum Gasteiger partial charge on any atom is 0.335 e. The second-order valence-corrected chi connectivity index (χ2v) is 6.67. The monoisotopic (exact) mass is 344 g/mol. The van der Waals surface area contributed by atoms with Gasteiger partial charge in [-0.15, -0.1) is 10.2 Å². The van der Waals surface area contributed by atoms with Crippen LogP contribution in [-0.2, 0) is 0 Å². The number of carboxylic acid groups (broad SMARTS) is 1. The van der Waals surface area contributed by atoms with Crippen molar-refractivity contribution in [2.24, 2.45) is 0 Å². The predicted octanol–water partition coefficient (Wildman–Crippen LogP) is 3.17. The average Bonchev–Trinajstić information content (AvgIpc) is 3.08. The van der Waals surface area contributed by atoms with Gasteiger partial charge < -0.3 is 10.4 Å². The highest BCUT2D eigenvalue weighted by molar-refractivity contribution is 7.19. The maximum absolute atomic E-state index is 12.6. The molecule has 2 N–H and O–H groups in total. The first-order chi connectivity index (χ1) is 11.4. The number of aromatic nitrogens is 3. The Balaban J connectivity index is 1.93. The van der Waals surface area contributed by atoms with E-state index in [1.54, 1.807) is 12.1 Å². The van der Waals surface area contributed by atoms with Gasteiger partial charge in [-0.25, -0.2) is 4.79 Å². The molecule has 0 aliphatic rings. The fraction of sp³-hybridized carbons (Fsp3) is 0.250. The van der Waals surface area contributed by atoms with Gasteiger partial charge in [-0.05, 0) is 25.1 Å². The Morgan fingerprint density at radius 3 is 2.71 bits per heavy atom. The largest absolute Gasteiger partial charge is 0.478 e. The van der Waals surface area contributed by atoms with Gasteiger partial charge >= 0.3 is 5.97 Å². The topological polar surface area (TPSA) is 96.6 Å². The van der Waals surface area contributed by atoms with E-state index in [9.17, 15) is 9.59 Å². The maximum atomic E-state index is 12.6. The number of hydrogen-bond acceptors (Lipinski definition) is 5. The van der Waals surface area contributed by atoms with E-state index in [4.69, 9.17) is 5.11 Å². The zero-order valence-corrected chi connectivity index (χ0v) is 14.2. The number of rotatable bonds is 4. The van der Waals surface area contributed by atoms with Gasteiger partial charge in [-0.3, -0.25) is 9.20 Å². The summed E-state index contributed by atoms with van der Waals surface area (Å²) in [5.41, 5.74) is 1.33. The Bertz CT molecular complexity index is 942. The average molecular weight is 344 g/mol. The minimum Gasteiger partial charge on any atom is -0.478 e. The van der Waals surface area contributed by atoms with Gasteiger partial charge in [-0.1, -0.05) is 31.3 Å². The number of aromatic carboxylic acids is 1. The van der Waals surface area contributed by atoms with Crippen LogP contribution in [0, 0.1) is 6.92 Å². The van der Waals surface area contributed by atoms with Crippen molar-refractivity contribution in [3.8, 4) is 0 Å². The normalized spacial score (nSPS) is 11.2. The van der Waals surface area contributed by atoms with E-state index in [0.717, 1.165) is 11.5 Å². The molecule has 0 radical (unpaired) electrons. The lowest BCUT2D eigenvalue weighted by Gasteiger charge is -2.06. The first-order valence-electron chi connectivity index (χ1n) is 7.37. The van der Waals surface area contributed by atoms with Crippen molar-refractivity contribution in [1.29, 1.82) is 0 Å². The molecule has 1 aromatic carbocycles. The highest BCUT2D eigenvalue weighted by Gasteiger charge is 2.21. The Labute approximate surface area is 142 Å². The zero-order chi connectivity index (χ0) is 17.4. The molecule has 2 heterocycles. The van der Waals surface area contributed by atoms with Gasteiger partial charge in [0.2, 0.25) is 4.96 Å². The number of hydrogen-bond donors (Lipinski definition) is 2. The summed E-state index contributed by atoms with van der Waals surface area (Å²) in [6, 6.07) is 6.14. The number of carboxylic acids is 1. The number of amides is 1. The molecule has 0 spiro atoms. The van der Waals surface area contributed by atoms with Crippen LogP contribution >= 0.6 is 11.3 Å². The molecule has 1 amide bonds. The molecule has 0 fully saturated rings. The van der Waals surface area contributed by atoms with Gasteiger partial charge in [0.15, 0.2) is 0 Å². The van der Waals surface area contributed by atoms with Crippen molar-refractivity contribution in [2.45, 2.75) is 26.7 Å². The summed E-state index contributed by atoms with van der Waals surface area (Å²) < 4.78 is 1.89. The Morgan fingerprint density at radius 1 is 1.29 bits per heavy atom. The molecule has 0 atom stereocenters. The molecule has 0 unspecified atom stereocenters. The van der Waals surface area contributed by atoms with Crippen molar-refractivity contribution in [1.82, 2.24) is 14.6 Å². The zero-order valence-electron chi connectivity index (χ0n) is 13.4. The molecule has 0 saturated carbocycles. The van der Waals surface area contributed by atoms with Crippen molar-refractivity contribution >= 4 is 33.9 Å². The lowest BCUT2D eigenvalue weighted by Crippen LogP contribution is -2.13. The Hall–Kier alpha value is -2.74. The number of nitrogens with one attached hydrogen (secondary N) is 1. The quantitative estimate of drug-likeness (QED) is 0.758. The number of carbonyl (C=O) groups is 2. The van der Waals surface area contributed by atoms with Crippen LogP contribution in [0.2, 0.25) is 0 Å². The molecule has 3 aromatic rings. The molecule has 8 heteroatoms. The van der Waals surface area contributed by atoms with Gasteiger partial charge in [0.1, 0.15) is 10.7 Å². The van der Waals surface area contributed by atoms with Crippen molar-refractivity contribution < 1.29 is 14.7 Å². The third-order valence-electron chi connectivity index (χ3n) is 3.61. The third kappa shape index (κ3) is 2.76. The van der Waals surface area contributed by atoms with E-state index < -0.39 is 5.97 Å². The van der Waals surface area contributed by atoms with Crippen molar-refractivity contribution in [2.75, 3.05) is 5.32 Å². The number of carbonyl (C=O) groups excluding carboxylic acids is 1. The van der Waals surface area contributed by atoms with Crippen molar-refractivity contribution in [3.63, 3.8) is 0 Å². The van der Waals surface area contributed by atoms with Crippen LogP contribution in [0.4, 0.5) is 5.69 Å². The van der Waals surface area contributed by atoms with Gasteiger partial charge in [-0.2, -0.15) is 0 Å². The van der Waals surface area contributed by atoms with E-state index in [1.807, 2.05) is 25.2 Å². The highest BCUT2D eigenvalue weighted by atomic mass is 32.1. The smallest absolute Gasteiger partial charge is 0.335 e. The minimum atomic E-state index is -1.04. The summed E-state index contributed by atoms with van der Waals surface area (Å²) in [4.78, 5) is 24.8. The molecule has 0 saturated heterocycles. The molecule has 2 aromatic heterocycles. The van der Waals surface area contributed by atoms with Crippen LogP contribution in [0.3, 0.4) is 0 Å². The summed E-state index contributed by atoms with van der Waals surface area (Å²) >= 11 is 1.26. The Morgan fingerprint density at radius 2 is 2.04 bits per heavy atom. The summed E-state index contributed by atoms with van der Waals surface area (Å²) in [5.74, 6) is -0.327. The standard InChI is InChI=1S/C16H16N4O3S/c1-8(2)13-18-19-16-20(13)9(3)12(24-16)14(21)17-11-6-4-5-10(7-11)15(22)23/h4-8H,1-3H3,(H,17,21)(H,22,23). The lowest BCUT2D eigenvalue weighted by atomic mass is 10.2. The molecular formula is C16H16N4O3S. The molecule has 0 bridgehead atoms. The predicted molar refractivity (Wildman–Crippen MR) is 91.0 cm³/mol. The fourth-order valence-electron chi connectivity index (χ4n) is 2.43. The van der Waals surface area contributed by atoms with E-state index in [-0.39, 0.29) is 17.4 Å². The number of anilines is 1. The highest BCUT2D eigenvalue weighted by Crippen LogP contribution is 2.26. The number of thiazole rings is 1. The molecule has 7 nitrogen and oxygen atoms in total. The van der Waals surface area contributed by atoms with Crippen LogP contribution in [0.15, 0.2) is 24.3 Å². The molecular weight excluding hydrogens is 328 g/mol. The van der Waals surface area contributed by atoms with Crippen LogP contribution in [0.25, 0.3) is 4.96 Å². The minimum absolute atomic E-state index is 0.122. The van der Waals surface area contributed by atoms with Crippen LogP contribution in [-0.4, -0.2) is 31.6 Å². The van der Waals surface area contributed by atoms with E-state index in [0.29, 0.717) is 15.5 Å². The van der Waals surface area contributed by atoms with E-state index in [1.165, 1.54) is 23.5 Å². The first kappa shape index (κ1) is 16.1. The van der Waals surface area contributed by atoms with Gasteiger partial charge in [0.05, 0.1) is 5.56 Å². The Kier molecular flexibility index (Phi) is 4.06.